The van der Waals surface area contributed by atoms with Gasteiger partial charge in [0, 0.05) is 26.6 Å². The van der Waals surface area contributed by atoms with Crippen LogP contribution in [0.15, 0.2) is 54.6 Å². The Kier molecular flexibility index (Phi) is 2.76. The lowest BCUT2D eigenvalue weighted by Crippen LogP contribution is -2.35. The number of benzene rings is 2. The van der Waals surface area contributed by atoms with Crippen LogP contribution in [0.1, 0.15) is 5.56 Å². The van der Waals surface area contributed by atoms with Gasteiger partial charge in [0.15, 0.2) is 11.9 Å². The van der Waals surface area contributed by atoms with Crippen LogP contribution in [0.2, 0.25) is 0 Å². The highest BCUT2D eigenvalue weighted by molar-refractivity contribution is 7.25. The van der Waals surface area contributed by atoms with E-state index in [-0.39, 0.29) is 0 Å². The molecule has 0 saturated carbocycles. The van der Waals surface area contributed by atoms with E-state index in [1.807, 2.05) is 11.7 Å². The molecule has 0 fully saturated rings. The fraction of sp³-hybridized carbons (Fsp3) is 0.111. The summed E-state index contributed by atoms with van der Waals surface area (Å²) in [5.74, 6) is 0. The molecule has 4 rings (SSSR count). The van der Waals surface area contributed by atoms with Gasteiger partial charge in [0.05, 0.1) is 5.56 Å². The van der Waals surface area contributed by atoms with E-state index in [1.165, 1.54) is 26.6 Å². The average Bonchev–Trinajstić information content (AvgIpc) is 2.84. The molecule has 0 saturated heterocycles. The van der Waals surface area contributed by atoms with Gasteiger partial charge in [-0.1, -0.05) is 41.1 Å². The summed E-state index contributed by atoms with van der Waals surface area (Å²) in [7, 11) is 2.02. The molecule has 21 heavy (non-hydrogen) atoms. The van der Waals surface area contributed by atoms with E-state index in [9.17, 15) is 0 Å². The number of nitrogens with zero attached hydrogens (tertiary/aromatic N) is 2. The van der Waals surface area contributed by atoms with Crippen LogP contribution in [-0.2, 0) is 7.05 Å². The number of hydrogen-bond acceptors (Lipinski definition) is 2. The zero-order valence-electron chi connectivity index (χ0n) is 12.0. The molecule has 2 aromatic carbocycles. The van der Waals surface area contributed by atoms with Crippen molar-refractivity contribution in [2.75, 3.05) is 0 Å². The molecule has 0 amide bonds. The van der Waals surface area contributed by atoms with Crippen LogP contribution in [0.3, 0.4) is 0 Å². The van der Waals surface area contributed by atoms with E-state index in [4.69, 9.17) is 5.10 Å². The molecular weight excluding hydrogens is 276 g/mol. The van der Waals surface area contributed by atoms with Crippen LogP contribution in [0.25, 0.3) is 31.6 Å². The first kappa shape index (κ1) is 12.5. The monoisotopic (exact) mass is 291 g/mol. The van der Waals surface area contributed by atoms with Gasteiger partial charge in [-0.15, -0.1) is 11.3 Å². The number of rotatable bonds is 1. The molecule has 2 nitrogen and oxygen atoms in total. The van der Waals surface area contributed by atoms with Gasteiger partial charge >= 0.3 is 0 Å². The quantitative estimate of drug-likeness (QED) is 0.479. The van der Waals surface area contributed by atoms with Crippen LogP contribution >= 0.6 is 11.3 Å². The van der Waals surface area contributed by atoms with E-state index >= 15 is 0 Å². The summed E-state index contributed by atoms with van der Waals surface area (Å²) in [4.78, 5) is 1.09. The number of aromatic nitrogens is 2. The lowest BCUT2D eigenvalue weighted by atomic mass is 10.0. The van der Waals surface area contributed by atoms with E-state index < -0.39 is 0 Å². The molecule has 0 aliphatic heterocycles. The Morgan fingerprint density at radius 2 is 1.71 bits per heavy atom. The van der Waals surface area contributed by atoms with Crippen LogP contribution < -0.4 is 4.68 Å². The van der Waals surface area contributed by atoms with Crippen molar-refractivity contribution in [2.24, 2.45) is 7.05 Å². The third-order valence-electron chi connectivity index (χ3n) is 3.91. The van der Waals surface area contributed by atoms with Crippen molar-refractivity contribution < 1.29 is 4.68 Å². The zero-order chi connectivity index (χ0) is 14.4. The SMILES string of the molecule is Cc1ccccc1-c1cc2c(n[n+]1C)sc1ccccc12. The normalized spacial score (nSPS) is 11.3. The second kappa shape index (κ2) is 4.64. The average molecular weight is 291 g/mol. The van der Waals surface area contributed by atoms with Crippen molar-refractivity contribution in [1.29, 1.82) is 0 Å². The maximum atomic E-state index is 4.77. The summed E-state index contributed by atoms with van der Waals surface area (Å²) in [6.45, 7) is 2.14. The molecule has 0 aliphatic rings. The van der Waals surface area contributed by atoms with Gasteiger partial charge in [0.2, 0.25) is 5.69 Å². The minimum absolute atomic E-state index is 1.09. The van der Waals surface area contributed by atoms with E-state index in [2.05, 4.69) is 61.5 Å². The van der Waals surface area contributed by atoms with Gasteiger partial charge in [-0.2, -0.15) is 0 Å². The van der Waals surface area contributed by atoms with Crippen LogP contribution in [0, 0.1) is 6.92 Å². The van der Waals surface area contributed by atoms with Gasteiger partial charge in [-0.3, -0.25) is 0 Å². The summed E-state index contributed by atoms with van der Waals surface area (Å²) in [5.41, 5.74) is 3.67. The standard InChI is InChI=1S/C18H15N2S/c1-12-7-3-4-8-13(12)16-11-15-14-9-5-6-10-17(14)21-18(15)19-20(16)2/h3-11H,1-2H3/q+1. The van der Waals surface area contributed by atoms with Crippen molar-refractivity contribution in [3.05, 3.63) is 60.2 Å². The predicted octanol–water partition coefficient (Wildman–Crippen LogP) is 4.25. The maximum absolute atomic E-state index is 4.77. The minimum atomic E-state index is 1.09. The Morgan fingerprint density at radius 1 is 0.952 bits per heavy atom. The van der Waals surface area contributed by atoms with E-state index in [0.717, 1.165) is 10.5 Å². The smallest absolute Gasteiger partial charge is 0.110 e. The van der Waals surface area contributed by atoms with Crippen molar-refractivity contribution in [3.8, 4) is 11.3 Å². The highest BCUT2D eigenvalue weighted by Gasteiger charge is 2.18. The fourth-order valence-electron chi connectivity index (χ4n) is 2.80. The van der Waals surface area contributed by atoms with Gasteiger partial charge < -0.3 is 0 Å². The Balaban J connectivity index is 2.08. The molecule has 0 bridgehead atoms. The lowest BCUT2D eigenvalue weighted by Gasteiger charge is -2.02. The first-order valence-electron chi connectivity index (χ1n) is 6.98. The zero-order valence-corrected chi connectivity index (χ0v) is 12.8. The summed E-state index contributed by atoms with van der Waals surface area (Å²) < 4.78 is 3.28. The molecule has 2 aromatic heterocycles. The second-order valence-electron chi connectivity index (χ2n) is 5.29. The Bertz CT molecular complexity index is 969. The third kappa shape index (κ3) is 1.93. The molecule has 3 heteroatoms. The van der Waals surface area contributed by atoms with Gasteiger partial charge in [0.25, 0.3) is 0 Å². The van der Waals surface area contributed by atoms with Crippen molar-refractivity contribution >= 4 is 31.6 Å². The Labute approximate surface area is 127 Å². The molecule has 0 N–H and O–H groups in total. The van der Waals surface area contributed by atoms with E-state index in [0.29, 0.717) is 0 Å². The van der Waals surface area contributed by atoms with Crippen LogP contribution in [-0.4, -0.2) is 5.10 Å². The molecule has 4 aromatic rings. The van der Waals surface area contributed by atoms with Crippen molar-refractivity contribution in [1.82, 2.24) is 5.10 Å². The van der Waals surface area contributed by atoms with E-state index in [1.54, 1.807) is 11.3 Å². The minimum Gasteiger partial charge on any atom is -0.110 e. The molecule has 102 valence electrons. The number of hydrogen-bond donors (Lipinski definition) is 0. The first-order valence-corrected chi connectivity index (χ1v) is 7.80. The predicted molar refractivity (Wildman–Crippen MR) is 88.5 cm³/mol. The Morgan fingerprint density at radius 3 is 2.57 bits per heavy atom. The van der Waals surface area contributed by atoms with Gasteiger partial charge in [-0.25, -0.2) is 0 Å². The van der Waals surface area contributed by atoms with Gasteiger partial charge in [0.1, 0.15) is 0 Å². The number of aryl methyl sites for hydroxylation is 2. The number of thiophene rings is 1. The topological polar surface area (TPSA) is 16.8 Å². The summed E-state index contributed by atoms with van der Waals surface area (Å²) >= 11 is 1.75. The highest BCUT2D eigenvalue weighted by Crippen LogP contribution is 2.33. The summed E-state index contributed by atoms with van der Waals surface area (Å²) in [6, 6.07) is 19.2. The molecular formula is C18H15N2S+. The summed E-state index contributed by atoms with van der Waals surface area (Å²) in [6.07, 6.45) is 0. The molecule has 0 atom stereocenters. The molecule has 2 heterocycles. The number of fused-ring (bicyclic) bond motifs is 3. The molecule has 0 aliphatic carbocycles. The van der Waals surface area contributed by atoms with Crippen LogP contribution in [0.4, 0.5) is 0 Å². The van der Waals surface area contributed by atoms with Crippen LogP contribution in [0.5, 0.6) is 0 Å². The lowest BCUT2D eigenvalue weighted by molar-refractivity contribution is -0.717. The largest absolute Gasteiger partial charge is 0.239 e. The van der Waals surface area contributed by atoms with Crippen molar-refractivity contribution in [3.63, 3.8) is 0 Å². The third-order valence-corrected chi connectivity index (χ3v) is 4.98. The fourth-order valence-corrected chi connectivity index (χ4v) is 3.88. The summed E-state index contributed by atoms with van der Waals surface area (Å²) in [5, 5.41) is 7.30. The first-order chi connectivity index (χ1) is 10.2. The van der Waals surface area contributed by atoms with Crippen molar-refractivity contribution in [2.45, 2.75) is 6.92 Å². The maximum Gasteiger partial charge on any atom is 0.239 e. The Hall–Kier alpha value is -2.26. The highest BCUT2D eigenvalue weighted by atomic mass is 32.1. The molecule has 0 spiro atoms. The molecule has 0 unspecified atom stereocenters. The second-order valence-corrected chi connectivity index (χ2v) is 6.32. The van der Waals surface area contributed by atoms with Gasteiger partial charge in [-0.05, 0) is 24.6 Å². The molecule has 0 radical (unpaired) electrons.